The molecule has 0 aromatic heterocycles. The van der Waals surface area contributed by atoms with Crippen LogP contribution in [-0.4, -0.2) is 31.0 Å². The van der Waals surface area contributed by atoms with Gasteiger partial charge in [-0.3, -0.25) is 14.5 Å². The van der Waals surface area contributed by atoms with Crippen molar-refractivity contribution in [3.05, 3.63) is 59.1 Å². The van der Waals surface area contributed by atoms with Gasteiger partial charge in [-0.05, 0) is 85.6 Å². The first-order valence-corrected chi connectivity index (χ1v) is 12.5. The molecule has 180 valence electrons. The van der Waals surface area contributed by atoms with Crippen LogP contribution < -0.4 is 15.0 Å². The van der Waals surface area contributed by atoms with Crippen molar-refractivity contribution in [1.82, 2.24) is 5.32 Å². The number of hydrogen-bond donors (Lipinski definition) is 1. The molecule has 2 amide bonds. The van der Waals surface area contributed by atoms with E-state index in [9.17, 15) is 9.59 Å². The second kappa shape index (κ2) is 8.30. The number of benzene rings is 2. The molecule has 2 unspecified atom stereocenters. The van der Waals surface area contributed by atoms with Crippen LogP contribution in [0, 0.1) is 16.7 Å². The fraction of sp³-hybridized carbons (Fsp3) is 0.500. The molecule has 4 fully saturated rings. The van der Waals surface area contributed by atoms with E-state index in [4.69, 9.17) is 16.3 Å². The van der Waals surface area contributed by atoms with Crippen molar-refractivity contribution in [2.75, 3.05) is 18.6 Å². The molecular weight excluding hydrogens is 448 g/mol. The van der Waals surface area contributed by atoms with Gasteiger partial charge in [0.25, 0.3) is 5.91 Å². The highest BCUT2D eigenvalue weighted by Crippen LogP contribution is 2.66. The summed E-state index contributed by atoms with van der Waals surface area (Å²) in [4.78, 5) is 28.6. The van der Waals surface area contributed by atoms with Crippen molar-refractivity contribution < 1.29 is 14.3 Å². The first-order valence-electron chi connectivity index (χ1n) is 12.1. The van der Waals surface area contributed by atoms with E-state index in [0.29, 0.717) is 27.9 Å². The monoisotopic (exact) mass is 480 g/mol. The molecule has 5 nitrogen and oxygen atoms in total. The summed E-state index contributed by atoms with van der Waals surface area (Å²) in [5.74, 6) is 0.763. The van der Waals surface area contributed by atoms with Gasteiger partial charge >= 0.3 is 0 Å². The first-order chi connectivity index (χ1) is 16.1. The molecule has 2 atom stereocenters. The van der Waals surface area contributed by atoms with E-state index in [-0.39, 0.29) is 34.7 Å². The Bertz CT molecular complexity index is 1100. The van der Waals surface area contributed by atoms with Crippen LogP contribution in [0.5, 0.6) is 5.75 Å². The molecule has 0 spiro atoms. The molecule has 2 aromatic rings. The van der Waals surface area contributed by atoms with Crippen LogP contribution in [0.15, 0.2) is 48.5 Å². The maximum absolute atomic E-state index is 13.6. The molecular formula is C28H33ClN2O3. The normalized spacial score (nSPS) is 31.2. The van der Waals surface area contributed by atoms with Crippen molar-refractivity contribution >= 4 is 29.1 Å². The minimum Gasteiger partial charge on any atom is -0.495 e. The lowest BCUT2D eigenvalue weighted by atomic mass is 9.43. The Morgan fingerprint density at radius 2 is 1.71 bits per heavy atom. The lowest BCUT2D eigenvalue weighted by Crippen LogP contribution is -2.65. The molecule has 0 aliphatic heterocycles. The highest BCUT2D eigenvalue weighted by atomic mass is 35.5. The van der Waals surface area contributed by atoms with Crippen LogP contribution in [0.25, 0.3) is 0 Å². The highest BCUT2D eigenvalue weighted by molar-refractivity contribution is 6.31. The van der Waals surface area contributed by atoms with Crippen LogP contribution in [0.3, 0.4) is 0 Å². The minimum atomic E-state index is -0.263. The van der Waals surface area contributed by atoms with Crippen LogP contribution in [0.1, 0.15) is 62.7 Å². The van der Waals surface area contributed by atoms with Crippen LogP contribution in [0.4, 0.5) is 5.69 Å². The molecule has 4 aliphatic carbocycles. The van der Waals surface area contributed by atoms with Gasteiger partial charge in [-0.1, -0.05) is 43.6 Å². The zero-order valence-corrected chi connectivity index (χ0v) is 21.0. The molecule has 6 rings (SSSR count). The summed E-state index contributed by atoms with van der Waals surface area (Å²) in [6, 6.07) is 14.1. The largest absolute Gasteiger partial charge is 0.495 e. The number of amides is 2. The summed E-state index contributed by atoms with van der Waals surface area (Å²) in [7, 11) is 1.55. The highest BCUT2D eigenvalue weighted by Gasteiger charge is 2.60. The van der Waals surface area contributed by atoms with E-state index < -0.39 is 0 Å². The Hall–Kier alpha value is -2.53. The molecule has 4 aliphatic rings. The molecule has 1 N–H and O–H groups in total. The van der Waals surface area contributed by atoms with Gasteiger partial charge in [0, 0.05) is 16.1 Å². The average Bonchev–Trinajstić information content (AvgIpc) is 2.74. The molecule has 6 heteroatoms. The fourth-order valence-corrected chi connectivity index (χ4v) is 8.11. The maximum atomic E-state index is 13.6. The number of nitrogens with zero attached hydrogens (tertiary/aromatic N) is 1. The summed E-state index contributed by atoms with van der Waals surface area (Å²) < 4.78 is 5.53. The van der Waals surface area contributed by atoms with Gasteiger partial charge in [-0.15, -0.1) is 0 Å². The van der Waals surface area contributed by atoms with E-state index in [1.165, 1.54) is 24.2 Å². The van der Waals surface area contributed by atoms with Crippen molar-refractivity contribution in [3.8, 4) is 5.75 Å². The molecule has 4 saturated carbocycles. The Morgan fingerprint density at radius 1 is 1.03 bits per heavy atom. The molecule has 34 heavy (non-hydrogen) atoms. The standard InChI is InChI=1S/C28H33ClN2O3/c1-26-12-19-13-27(2,16-26)18-28(14-19,17-26)30-24(32)15-31(25(33)20-7-5-4-6-8-20)22-11-21(29)9-10-23(22)34-3/h4-11,19H,12-18H2,1-3H3,(H,30,32). The summed E-state index contributed by atoms with van der Waals surface area (Å²) in [6.45, 7) is 4.68. The number of carbonyl (C=O) groups excluding carboxylic acids is 2. The molecule has 0 heterocycles. The van der Waals surface area contributed by atoms with Gasteiger partial charge in [0.15, 0.2) is 0 Å². The molecule has 4 bridgehead atoms. The average molecular weight is 481 g/mol. The topological polar surface area (TPSA) is 58.6 Å². The van der Waals surface area contributed by atoms with Crippen LogP contribution in [-0.2, 0) is 4.79 Å². The second-order valence-corrected chi connectivity index (χ2v) is 12.0. The van der Waals surface area contributed by atoms with E-state index in [1.54, 1.807) is 37.4 Å². The summed E-state index contributed by atoms with van der Waals surface area (Å²) >= 11 is 6.29. The Morgan fingerprint density at radius 3 is 2.32 bits per heavy atom. The van der Waals surface area contributed by atoms with Crippen molar-refractivity contribution in [1.29, 1.82) is 0 Å². The molecule has 2 aromatic carbocycles. The Kier molecular flexibility index (Phi) is 5.67. The predicted octanol–water partition coefficient (Wildman–Crippen LogP) is 5.86. The zero-order valence-electron chi connectivity index (χ0n) is 20.2. The molecule has 0 radical (unpaired) electrons. The third kappa shape index (κ3) is 4.31. The van der Waals surface area contributed by atoms with E-state index >= 15 is 0 Å². The quantitative estimate of drug-likeness (QED) is 0.563. The lowest BCUT2D eigenvalue weighted by molar-refractivity contribution is -0.138. The smallest absolute Gasteiger partial charge is 0.258 e. The Labute approximate surface area is 206 Å². The number of halogens is 1. The van der Waals surface area contributed by atoms with Crippen molar-refractivity contribution in [2.24, 2.45) is 16.7 Å². The van der Waals surface area contributed by atoms with Crippen LogP contribution >= 0.6 is 11.6 Å². The predicted molar refractivity (Wildman–Crippen MR) is 134 cm³/mol. The third-order valence-corrected chi connectivity index (χ3v) is 8.27. The number of nitrogens with one attached hydrogen (secondary N) is 1. The number of rotatable bonds is 6. The van der Waals surface area contributed by atoms with Gasteiger partial charge in [0.05, 0.1) is 12.8 Å². The van der Waals surface area contributed by atoms with Crippen LogP contribution in [0.2, 0.25) is 5.02 Å². The summed E-state index contributed by atoms with van der Waals surface area (Å²) in [5.41, 5.74) is 1.39. The number of carbonyl (C=O) groups is 2. The molecule has 0 saturated heterocycles. The van der Waals surface area contributed by atoms with Gasteiger partial charge < -0.3 is 10.1 Å². The van der Waals surface area contributed by atoms with Gasteiger partial charge in [0.2, 0.25) is 5.91 Å². The third-order valence-electron chi connectivity index (χ3n) is 8.03. The minimum absolute atomic E-state index is 0.0930. The number of hydrogen-bond acceptors (Lipinski definition) is 3. The van der Waals surface area contributed by atoms with Gasteiger partial charge in [-0.2, -0.15) is 0 Å². The second-order valence-electron chi connectivity index (χ2n) is 11.5. The van der Waals surface area contributed by atoms with E-state index in [0.717, 1.165) is 19.3 Å². The first kappa shape index (κ1) is 23.2. The Balaban J connectivity index is 1.43. The summed E-state index contributed by atoms with van der Waals surface area (Å²) in [6.07, 6.45) is 6.84. The lowest BCUT2D eigenvalue weighted by Gasteiger charge is -2.65. The van der Waals surface area contributed by atoms with E-state index in [2.05, 4.69) is 19.2 Å². The van der Waals surface area contributed by atoms with Crippen molar-refractivity contribution in [3.63, 3.8) is 0 Å². The van der Waals surface area contributed by atoms with Crippen molar-refractivity contribution in [2.45, 2.75) is 57.9 Å². The maximum Gasteiger partial charge on any atom is 0.258 e. The number of ether oxygens (including phenoxy) is 1. The summed E-state index contributed by atoms with van der Waals surface area (Å²) in [5, 5.41) is 3.90. The number of anilines is 1. The fourth-order valence-electron chi connectivity index (χ4n) is 7.94. The van der Waals surface area contributed by atoms with E-state index in [1.807, 2.05) is 18.2 Å². The number of methoxy groups -OCH3 is 1. The zero-order chi connectivity index (χ0) is 24.1. The SMILES string of the molecule is COc1ccc(Cl)cc1N(CC(=O)NC12CC3CC(C)(CC(C)(C3)C1)C2)C(=O)c1ccccc1. The van der Waals surface area contributed by atoms with Gasteiger partial charge in [0.1, 0.15) is 12.3 Å². The van der Waals surface area contributed by atoms with Gasteiger partial charge in [-0.25, -0.2) is 0 Å².